The van der Waals surface area contributed by atoms with Crippen LogP contribution in [0.25, 0.3) is 0 Å². The molecule has 3 heterocycles. The van der Waals surface area contributed by atoms with Gasteiger partial charge in [-0.15, -0.1) is 0 Å². The minimum atomic E-state index is -1.82. The van der Waals surface area contributed by atoms with Crippen LogP contribution in [0.5, 0.6) is 5.75 Å². The number of anilines is 1. The van der Waals surface area contributed by atoms with Gasteiger partial charge in [-0.1, -0.05) is 12.5 Å². The van der Waals surface area contributed by atoms with Gasteiger partial charge in [0, 0.05) is 31.0 Å². The summed E-state index contributed by atoms with van der Waals surface area (Å²) in [6.45, 7) is 5.87. The van der Waals surface area contributed by atoms with Gasteiger partial charge in [-0.2, -0.15) is 0 Å². The number of alkyl halides is 1. The zero-order chi connectivity index (χ0) is 28.0. The second-order valence-corrected chi connectivity index (χ2v) is 11.2. The van der Waals surface area contributed by atoms with Gasteiger partial charge in [-0.05, 0) is 94.2 Å². The molecule has 1 aromatic heterocycles. The standard InChI is InChI=1S/C30H41F2N3O4/c1-30(2,32)22-16-24(27(38-3)25(31)17-22)26(29(36)37)35-14-12-20(18-35)19-39-15-6-4-5-9-23-11-10-21-8-7-13-33-28(21)34-23/h10-11,16-17,20,26H,4-9,12-15,18-19H2,1-3H3,(H,33,34)(H,36,37)/t20-,26?/m1/s1. The molecular weight excluding hydrogens is 504 g/mol. The molecule has 7 nitrogen and oxygen atoms in total. The summed E-state index contributed by atoms with van der Waals surface area (Å²) in [5.41, 5.74) is 0.833. The van der Waals surface area contributed by atoms with E-state index in [1.54, 1.807) is 4.90 Å². The summed E-state index contributed by atoms with van der Waals surface area (Å²) in [5, 5.41) is 13.4. The lowest BCUT2D eigenvalue weighted by Gasteiger charge is -2.27. The molecule has 1 aromatic carbocycles. The Morgan fingerprint density at radius 3 is 2.85 bits per heavy atom. The summed E-state index contributed by atoms with van der Waals surface area (Å²) in [6.07, 6.45) is 7.06. The van der Waals surface area contributed by atoms with Crippen molar-refractivity contribution in [2.75, 3.05) is 45.3 Å². The van der Waals surface area contributed by atoms with Gasteiger partial charge in [0.2, 0.25) is 0 Å². The molecule has 1 fully saturated rings. The average Bonchev–Trinajstić information content (AvgIpc) is 3.35. The van der Waals surface area contributed by atoms with E-state index in [-0.39, 0.29) is 22.8 Å². The molecule has 2 aliphatic heterocycles. The first-order chi connectivity index (χ1) is 18.7. The van der Waals surface area contributed by atoms with E-state index in [9.17, 15) is 18.7 Å². The maximum absolute atomic E-state index is 14.8. The Labute approximate surface area is 229 Å². The lowest BCUT2D eigenvalue weighted by Crippen LogP contribution is -2.33. The molecule has 2 aliphatic rings. The Kier molecular flexibility index (Phi) is 9.77. The van der Waals surface area contributed by atoms with E-state index < -0.39 is 23.5 Å². The van der Waals surface area contributed by atoms with Crippen LogP contribution < -0.4 is 10.1 Å². The SMILES string of the molecule is COc1c(F)cc(C(C)(C)F)cc1C(C(=O)O)N1CC[C@@H](COCCCCCc2ccc3c(n2)NCCC3)C1. The van der Waals surface area contributed by atoms with Crippen LogP contribution in [0.1, 0.15) is 74.4 Å². The second kappa shape index (κ2) is 13.0. The number of carboxylic acids is 1. The summed E-state index contributed by atoms with van der Waals surface area (Å²) in [5.74, 6) is -0.819. The summed E-state index contributed by atoms with van der Waals surface area (Å²) < 4.78 is 40.5. The molecule has 2 N–H and O–H groups in total. The van der Waals surface area contributed by atoms with Gasteiger partial charge in [0.05, 0.1) is 13.7 Å². The number of aryl methyl sites for hydroxylation is 2. The minimum absolute atomic E-state index is 0.0835. The number of ether oxygens (including phenoxy) is 2. The number of carboxylic acid groups (broad SMARTS) is 1. The van der Waals surface area contributed by atoms with Crippen molar-refractivity contribution in [1.82, 2.24) is 9.88 Å². The number of hydrogen-bond acceptors (Lipinski definition) is 6. The fourth-order valence-electron chi connectivity index (χ4n) is 5.54. The number of methoxy groups -OCH3 is 1. The van der Waals surface area contributed by atoms with Crippen molar-refractivity contribution in [2.45, 2.75) is 70.5 Å². The van der Waals surface area contributed by atoms with Crippen LogP contribution in [0.2, 0.25) is 0 Å². The number of pyridine rings is 1. The Balaban J connectivity index is 1.23. The molecule has 39 heavy (non-hydrogen) atoms. The van der Waals surface area contributed by atoms with E-state index in [0.717, 1.165) is 69.1 Å². The number of unbranched alkanes of at least 4 members (excludes halogenated alkanes) is 2. The van der Waals surface area contributed by atoms with Crippen LogP contribution in [0, 0.1) is 11.7 Å². The molecule has 2 aromatic rings. The van der Waals surface area contributed by atoms with Crippen molar-refractivity contribution in [1.29, 1.82) is 0 Å². The van der Waals surface area contributed by atoms with Gasteiger partial charge in [0.15, 0.2) is 11.6 Å². The van der Waals surface area contributed by atoms with E-state index in [4.69, 9.17) is 14.5 Å². The summed E-state index contributed by atoms with van der Waals surface area (Å²) in [4.78, 5) is 18.9. The highest BCUT2D eigenvalue weighted by molar-refractivity contribution is 5.77. The monoisotopic (exact) mass is 545 g/mol. The molecule has 0 radical (unpaired) electrons. The number of aromatic nitrogens is 1. The third-order valence-electron chi connectivity index (χ3n) is 7.70. The first-order valence-electron chi connectivity index (χ1n) is 14.0. The highest BCUT2D eigenvalue weighted by atomic mass is 19.1. The molecule has 2 atom stereocenters. The van der Waals surface area contributed by atoms with Gasteiger partial charge in [-0.25, -0.2) is 13.8 Å². The Morgan fingerprint density at radius 1 is 1.28 bits per heavy atom. The van der Waals surface area contributed by atoms with Crippen LogP contribution >= 0.6 is 0 Å². The number of benzene rings is 1. The van der Waals surface area contributed by atoms with Crippen LogP contribution in [0.4, 0.5) is 14.6 Å². The van der Waals surface area contributed by atoms with E-state index in [1.165, 1.54) is 32.6 Å². The Morgan fingerprint density at radius 2 is 2.10 bits per heavy atom. The van der Waals surface area contributed by atoms with Crippen molar-refractivity contribution in [3.8, 4) is 5.75 Å². The predicted octanol–water partition coefficient (Wildman–Crippen LogP) is 5.67. The number of nitrogens with zero attached hydrogens (tertiary/aromatic N) is 2. The number of likely N-dealkylation sites (tertiary alicyclic amines) is 1. The lowest BCUT2D eigenvalue weighted by atomic mass is 9.94. The molecular formula is C30H41F2N3O4. The highest BCUT2D eigenvalue weighted by Gasteiger charge is 2.37. The molecule has 0 aliphatic carbocycles. The van der Waals surface area contributed by atoms with Crippen LogP contribution in [0.3, 0.4) is 0 Å². The zero-order valence-electron chi connectivity index (χ0n) is 23.3. The van der Waals surface area contributed by atoms with Gasteiger partial charge in [0.1, 0.15) is 17.5 Å². The van der Waals surface area contributed by atoms with Gasteiger partial charge in [-0.3, -0.25) is 9.69 Å². The van der Waals surface area contributed by atoms with E-state index in [1.807, 2.05) is 0 Å². The number of rotatable bonds is 13. The average molecular weight is 546 g/mol. The largest absolute Gasteiger partial charge is 0.493 e. The number of nitrogens with one attached hydrogen (secondary N) is 1. The fraction of sp³-hybridized carbons (Fsp3) is 0.600. The number of carbonyl (C=O) groups is 1. The van der Waals surface area contributed by atoms with Crippen LogP contribution in [-0.4, -0.2) is 60.9 Å². The molecule has 0 saturated carbocycles. The van der Waals surface area contributed by atoms with Crippen molar-refractivity contribution < 1.29 is 28.2 Å². The smallest absolute Gasteiger partial charge is 0.325 e. The second-order valence-electron chi connectivity index (χ2n) is 11.2. The van der Waals surface area contributed by atoms with Gasteiger partial charge >= 0.3 is 5.97 Å². The maximum atomic E-state index is 14.8. The molecule has 4 rings (SSSR count). The third-order valence-corrected chi connectivity index (χ3v) is 7.70. The molecule has 9 heteroatoms. The van der Waals surface area contributed by atoms with Crippen molar-refractivity contribution in [3.05, 3.63) is 52.5 Å². The minimum Gasteiger partial charge on any atom is -0.493 e. The van der Waals surface area contributed by atoms with Crippen molar-refractivity contribution >= 4 is 11.8 Å². The van der Waals surface area contributed by atoms with Crippen molar-refractivity contribution in [3.63, 3.8) is 0 Å². The van der Waals surface area contributed by atoms with E-state index in [2.05, 4.69) is 17.4 Å². The highest BCUT2D eigenvalue weighted by Crippen LogP contribution is 2.38. The Bertz CT molecular complexity index is 1140. The predicted molar refractivity (Wildman–Crippen MR) is 147 cm³/mol. The fourth-order valence-corrected chi connectivity index (χ4v) is 5.54. The van der Waals surface area contributed by atoms with Crippen molar-refractivity contribution in [2.24, 2.45) is 5.92 Å². The Hall–Kier alpha value is -2.78. The number of halogens is 2. The maximum Gasteiger partial charge on any atom is 0.325 e. The first-order valence-corrected chi connectivity index (χ1v) is 14.0. The summed E-state index contributed by atoms with van der Waals surface area (Å²) >= 11 is 0. The third kappa shape index (κ3) is 7.45. The van der Waals surface area contributed by atoms with Gasteiger partial charge in [0.25, 0.3) is 0 Å². The molecule has 0 bridgehead atoms. The lowest BCUT2D eigenvalue weighted by molar-refractivity contribution is -0.143. The van der Waals surface area contributed by atoms with Crippen LogP contribution in [-0.2, 0) is 28.0 Å². The number of aliphatic carboxylic acids is 1. The van der Waals surface area contributed by atoms with E-state index in [0.29, 0.717) is 26.3 Å². The first kappa shape index (κ1) is 29.2. The van der Waals surface area contributed by atoms with Crippen LogP contribution in [0.15, 0.2) is 24.3 Å². The molecule has 0 amide bonds. The summed E-state index contributed by atoms with van der Waals surface area (Å²) in [6, 6.07) is 5.69. The zero-order valence-corrected chi connectivity index (χ0v) is 23.3. The summed E-state index contributed by atoms with van der Waals surface area (Å²) in [7, 11) is 1.29. The number of fused-ring (bicyclic) bond motifs is 1. The molecule has 1 saturated heterocycles. The molecule has 0 spiro atoms. The quantitative estimate of drug-likeness (QED) is 0.314. The molecule has 1 unspecified atom stereocenters. The topological polar surface area (TPSA) is 83.9 Å². The normalized spacial score (nSPS) is 18.4. The molecule has 214 valence electrons. The van der Waals surface area contributed by atoms with E-state index >= 15 is 0 Å². The number of hydrogen-bond donors (Lipinski definition) is 2. The van der Waals surface area contributed by atoms with Gasteiger partial charge < -0.3 is 19.9 Å².